The van der Waals surface area contributed by atoms with Crippen LogP contribution in [0.2, 0.25) is 0 Å². The van der Waals surface area contributed by atoms with Gasteiger partial charge >= 0.3 is 0 Å². The van der Waals surface area contributed by atoms with Gasteiger partial charge in [0.15, 0.2) is 0 Å². The van der Waals surface area contributed by atoms with Gasteiger partial charge < -0.3 is 5.32 Å². The average Bonchev–Trinajstić information content (AvgIpc) is 2.86. The van der Waals surface area contributed by atoms with Crippen LogP contribution in [0.25, 0.3) is 10.8 Å². The number of carbonyl (C=O) groups is 1. The maximum Gasteiger partial charge on any atom is 0.243 e. The standard InChI is InChI=1S/C25H29N3O5S2/c1-19-8-11-23(12-9-19)34(30,31)27-15-14-26-25(29)22-7-4-16-28(18-22)35(32,33)24-13-10-20-5-2-3-6-21(20)17-24/h2-3,5-6,8-13,17,22,27H,4,7,14-16,18H2,1H3,(H,26,29)/t22-/m1/s1. The molecule has 0 unspecified atom stereocenters. The Bertz CT molecular complexity index is 1420. The first-order chi connectivity index (χ1) is 16.7. The first-order valence-corrected chi connectivity index (χ1v) is 14.4. The highest BCUT2D eigenvalue weighted by molar-refractivity contribution is 7.89. The molecule has 0 aliphatic carbocycles. The van der Waals surface area contributed by atoms with E-state index in [1.54, 1.807) is 30.3 Å². The lowest BCUT2D eigenvalue weighted by molar-refractivity contribution is -0.126. The molecule has 4 rings (SSSR count). The molecule has 3 aromatic carbocycles. The predicted octanol–water partition coefficient (Wildman–Crippen LogP) is 2.64. The van der Waals surface area contributed by atoms with Crippen molar-refractivity contribution in [2.75, 3.05) is 26.2 Å². The normalized spacial score (nSPS) is 17.3. The van der Waals surface area contributed by atoms with Crippen LogP contribution >= 0.6 is 0 Å². The van der Waals surface area contributed by atoms with E-state index in [0.29, 0.717) is 19.4 Å². The Kier molecular flexibility index (Phi) is 7.56. The van der Waals surface area contributed by atoms with Gasteiger partial charge in [-0.2, -0.15) is 4.31 Å². The summed E-state index contributed by atoms with van der Waals surface area (Å²) in [5.74, 6) is -0.773. The Morgan fingerprint density at radius 2 is 1.60 bits per heavy atom. The highest BCUT2D eigenvalue weighted by atomic mass is 32.2. The van der Waals surface area contributed by atoms with Gasteiger partial charge in [0, 0.05) is 26.2 Å². The number of hydrogen-bond acceptors (Lipinski definition) is 5. The van der Waals surface area contributed by atoms with E-state index in [4.69, 9.17) is 0 Å². The van der Waals surface area contributed by atoms with Crippen molar-refractivity contribution in [3.05, 3.63) is 72.3 Å². The molecule has 1 fully saturated rings. The minimum Gasteiger partial charge on any atom is -0.355 e. The van der Waals surface area contributed by atoms with Gasteiger partial charge in [-0.25, -0.2) is 21.6 Å². The number of carbonyl (C=O) groups excluding carboxylic acids is 1. The molecule has 1 amide bonds. The highest BCUT2D eigenvalue weighted by Gasteiger charge is 2.33. The summed E-state index contributed by atoms with van der Waals surface area (Å²) in [4.78, 5) is 13.1. The Hall–Kier alpha value is -2.79. The predicted molar refractivity (Wildman–Crippen MR) is 135 cm³/mol. The molecule has 35 heavy (non-hydrogen) atoms. The van der Waals surface area contributed by atoms with E-state index in [0.717, 1.165) is 16.3 Å². The van der Waals surface area contributed by atoms with Crippen molar-refractivity contribution in [3.63, 3.8) is 0 Å². The summed E-state index contributed by atoms with van der Waals surface area (Å²) >= 11 is 0. The van der Waals surface area contributed by atoms with Gasteiger partial charge in [-0.15, -0.1) is 0 Å². The van der Waals surface area contributed by atoms with Gasteiger partial charge in [0.1, 0.15) is 0 Å². The van der Waals surface area contributed by atoms with E-state index in [9.17, 15) is 21.6 Å². The Morgan fingerprint density at radius 3 is 2.34 bits per heavy atom. The second-order valence-electron chi connectivity index (χ2n) is 8.71. The molecule has 0 saturated carbocycles. The summed E-state index contributed by atoms with van der Waals surface area (Å²) < 4.78 is 55.1. The fourth-order valence-corrected chi connectivity index (χ4v) is 6.76. The second-order valence-corrected chi connectivity index (χ2v) is 12.4. The number of nitrogens with one attached hydrogen (secondary N) is 2. The van der Waals surface area contributed by atoms with Crippen LogP contribution in [0.3, 0.4) is 0 Å². The number of hydrogen-bond donors (Lipinski definition) is 2. The summed E-state index contributed by atoms with van der Waals surface area (Å²) in [5, 5.41) is 4.53. The third-order valence-corrected chi connectivity index (χ3v) is 9.50. The molecule has 1 aliphatic rings. The van der Waals surface area contributed by atoms with E-state index < -0.39 is 26.0 Å². The van der Waals surface area contributed by atoms with Crippen LogP contribution in [0.4, 0.5) is 0 Å². The Morgan fingerprint density at radius 1 is 0.914 bits per heavy atom. The molecule has 1 atom stereocenters. The van der Waals surface area contributed by atoms with Gasteiger partial charge in [-0.1, -0.05) is 48.0 Å². The van der Waals surface area contributed by atoms with Crippen LogP contribution < -0.4 is 10.0 Å². The van der Waals surface area contributed by atoms with Crippen molar-refractivity contribution in [3.8, 4) is 0 Å². The molecular weight excluding hydrogens is 486 g/mol. The molecule has 10 heteroatoms. The number of nitrogens with zero attached hydrogens (tertiary/aromatic N) is 1. The van der Waals surface area contributed by atoms with Crippen molar-refractivity contribution < 1.29 is 21.6 Å². The second kappa shape index (κ2) is 10.4. The largest absolute Gasteiger partial charge is 0.355 e. The van der Waals surface area contributed by atoms with Gasteiger partial charge in [-0.05, 0) is 54.8 Å². The SMILES string of the molecule is Cc1ccc(S(=O)(=O)NCCNC(=O)[C@@H]2CCCN(S(=O)(=O)c3ccc4ccccc4c3)C2)cc1. The molecule has 186 valence electrons. The maximum absolute atomic E-state index is 13.2. The summed E-state index contributed by atoms with van der Waals surface area (Å²) in [6.07, 6.45) is 1.15. The zero-order chi connectivity index (χ0) is 25.1. The molecule has 2 N–H and O–H groups in total. The average molecular weight is 516 g/mol. The fourth-order valence-electron chi connectivity index (χ4n) is 4.17. The van der Waals surface area contributed by atoms with Crippen molar-refractivity contribution in [1.29, 1.82) is 0 Å². The van der Waals surface area contributed by atoms with Crippen LogP contribution in [-0.2, 0) is 24.8 Å². The number of fused-ring (bicyclic) bond motifs is 1. The number of benzene rings is 3. The maximum atomic E-state index is 13.2. The van der Waals surface area contributed by atoms with Crippen molar-refractivity contribution in [1.82, 2.24) is 14.3 Å². The van der Waals surface area contributed by atoms with Gasteiger partial charge in [-0.3, -0.25) is 4.79 Å². The van der Waals surface area contributed by atoms with E-state index in [2.05, 4.69) is 10.0 Å². The number of sulfonamides is 2. The molecule has 1 saturated heterocycles. The van der Waals surface area contributed by atoms with Gasteiger partial charge in [0.2, 0.25) is 26.0 Å². The molecule has 1 heterocycles. The fraction of sp³-hybridized carbons (Fsp3) is 0.320. The van der Waals surface area contributed by atoms with E-state index in [1.807, 2.05) is 31.2 Å². The third-order valence-electron chi connectivity index (χ3n) is 6.16. The minimum atomic E-state index is -3.74. The molecule has 8 nitrogen and oxygen atoms in total. The number of rotatable bonds is 8. The number of piperidine rings is 1. The smallest absolute Gasteiger partial charge is 0.243 e. The molecule has 0 bridgehead atoms. The van der Waals surface area contributed by atoms with E-state index >= 15 is 0 Å². The first-order valence-electron chi connectivity index (χ1n) is 11.5. The summed E-state index contributed by atoms with van der Waals surface area (Å²) in [6, 6.07) is 19.1. The zero-order valence-corrected chi connectivity index (χ0v) is 21.1. The number of aryl methyl sites for hydroxylation is 1. The molecular formula is C25H29N3O5S2. The van der Waals surface area contributed by atoms with E-state index in [-0.39, 0.29) is 35.3 Å². The van der Waals surface area contributed by atoms with Crippen LogP contribution in [0.5, 0.6) is 0 Å². The van der Waals surface area contributed by atoms with Crippen molar-refractivity contribution in [2.24, 2.45) is 5.92 Å². The topological polar surface area (TPSA) is 113 Å². The summed E-state index contributed by atoms with van der Waals surface area (Å²) in [5.41, 5.74) is 0.959. The number of amides is 1. The summed E-state index contributed by atoms with van der Waals surface area (Å²) in [7, 11) is -7.40. The monoisotopic (exact) mass is 515 g/mol. The van der Waals surface area contributed by atoms with Crippen molar-refractivity contribution >= 4 is 36.7 Å². The Balaban J connectivity index is 1.33. The molecule has 3 aromatic rings. The van der Waals surface area contributed by atoms with Crippen molar-refractivity contribution in [2.45, 2.75) is 29.6 Å². The highest BCUT2D eigenvalue weighted by Crippen LogP contribution is 2.26. The molecule has 0 radical (unpaired) electrons. The van der Waals surface area contributed by atoms with E-state index in [1.165, 1.54) is 16.4 Å². The Labute approximate surface area is 206 Å². The third kappa shape index (κ3) is 5.90. The lowest BCUT2D eigenvalue weighted by Gasteiger charge is -2.31. The summed E-state index contributed by atoms with van der Waals surface area (Å²) in [6.45, 7) is 2.47. The lowest BCUT2D eigenvalue weighted by Crippen LogP contribution is -2.46. The van der Waals surface area contributed by atoms with Crippen LogP contribution in [0.1, 0.15) is 18.4 Å². The lowest BCUT2D eigenvalue weighted by atomic mass is 9.99. The molecule has 1 aliphatic heterocycles. The molecule has 0 spiro atoms. The quantitative estimate of drug-likeness (QED) is 0.448. The van der Waals surface area contributed by atoms with Gasteiger partial charge in [0.25, 0.3) is 0 Å². The zero-order valence-electron chi connectivity index (χ0n) is 19.5. The van der Waals surface area contributed by atoms with Crippen LogP contribution in [-0.4, -0.2) is 53.2 Å². The first kappa shape index (κ1) is 25.3. The van der Waals surface area contributed by atoms with Crippen LogP contribution in [0, 0.1) is 12.8 Å². The van der Waals surface area contributed by atoms with Gasteiger partial charge in [0.05, 0.1) is 15.7 Å². The van der Waals surface area contributed by atoms with Crippen LogP contribution in [0.15, 0.2) is 76.5 Å². The molecule has 0 aromatic heterocycles. The minimum absolute atomic E-state index is 0.0355.